The summed E-state index contributed by atoms with van der Waals surface area (Å²) in [6, 6.07) is 0. The fraction of sp³-hybridized carbons (Fsp3) is 0.882. The minimum absolute atomic E-state index is 0.274. The van der Waals surface area contributed by atoms with Gasteiger partial charge < -0.3 is 9.47 Å². The van der Waals surface area contributed by atoms with Crippen molar-refractivity contribution in [1.82, 2.24) is 0 Å². The molecular weight excluding hydrogens is 386 g/mol. The average Bonchev–Trinajstić information content (AvgIpc) is 2.55. The Labute approximate surface area is 156 Å². The van der Waals surface area contributed by atoms with E-state index in [2.05, 4.69) is 4.74 Å². The van der Waals surface area contributed by atoms with Crippen LogP contribution in [0.2, 0.25) is 0 Å². The zero-order chi connectivity index (χ0) is 20.2. The first-order valence-electron chi connectivity index (χ1n) is 9.09. The monoisotopic (exact) mass is 410 g/mol. The molecule has 4 rings (SSSR count). The molecule has 0 aromatic heterocycles. The molecule has 0 heterocycles. The molecule has 4 saturated carbocycles. The minimum atomic E-state index is -5.94. The lowest BCUT2D eigenvalue weighted by atomic mass is 9.50. The van der Waals surface area contributed by atoms with Crippen LogP contribution in [0.25, 0.3) is 0 Å². The summed E-state index contributed by atoms with van der Waals surface area (Å²) in [6.07, 6.45) is 5.30. The second-order valence-corrected chi connectivity index (χ2v) is 9.86. The summed E-state index contributed by atoms with van der Waals surface area (Å²) < 4.78 is 65.8. The van der Waals surface area contributed by atoms with Gasteiger partial charge in [-0.05, 0) is 69.6 Å². The molecule has 0 radical (unpaired) electrons. The topological polar surface area (TPSA) is 107 Å². The predicted octanol–water partition coefficient (Wildman–Crippen LogP) is 2.40. The number of esters is 2. The number of carbonyl (C=O) groups excluding carboxylic acids is 2. The van der Waals surface area contributed by atoms with Crippen molar-refractivity contribution in [3.05, 3.63) is 0 Å². The van der Waals surface area contributed by atoms with Crippen LogP contribution in [0.5, 0.6) is 0 Å². The van der Waals surface area contributed by atoms with Crippen LogP contribution >= 0.6 is 0 Å². The first kappa shape index (κ1) is 20.4. The van der Waals surface area contributed by atoms with Crippen LogP contribution < -0.4 is 0 Å². The third-order valence-electron chi connectivity index (χ3n) is 6.51. The molecule has 1 unspecified atom stereocenters. The maximum absolute atomic E-state index is 13.2. The van der Waals surface area contributed by atoms with Crippen LogP contribution in [0, 0.1) is 29.6 Å². The van der Waals surface area contributed by atoms with E-state index >= 15 is 0 Å². The lowest BCUT2D eigenvalue weighted by Crippen LogP contribution is -2.58. The van der Waals surface area contributed by atoms with Crippen LogP contribution in [-0.4, -0.2) is 42.4 Å². The van der Waals surface area contributed by atoms with Crippen molar-refractivity contribution in [3.8, 4) is 0 Å². The van der Waals surface area contributed by atoms with Gasteiger partial charge in [-0.2, -0.15) is 17.2 Å². The van der Waals surface area contributed by atoms with E-state index in [4.69, 9.17) is 9.29 Å². The SMILES string of the molecule is CC(COC(=O)C(F)(F)S(=O)(=O)O)C(=O)OC1(C)C2CC3CC(C2)CC1C3. The summed E-state index contributed by atoms with van der Waals surface area (Å²) >= 11 is 0. The van der Waals surface area contributed by atoms with Crippen molar-refractivity contribution in [1.29, 1.82) is 0 Å². The molecular formula is C17H24F2O7S. The van der Waals surface area contributed by atoms with E-state index in [0.29, 0.717) is 11.8 Å². The first-order valence-corrected chi connectivity index (χ1v) is 10.5. The molecule has 0 saturated heterocycles. The van der Waals surface area contributed by atoms with Crippen molar-refractivity contribution >= 4 is 22.1 Å². The Morgan fingerprint density at radius 3 is 2.07 bits per heavy atom. The van der Waals surface area contributed by atoms with Gasteiger partial charge >= 0.3 is 27.3 Å². The third-order valence-corrected chi connectivity index (χ3v) is 7.32. The largest absolute Gasteiger partial charge is 0.465 e. The summed E-state index contributed by atoms with van der Waals surface area (Å²) in [5.74, 6) is -2.23. The van der Waals surface area contributed by atoms with Gasteiger partial charge in [-0.1, -0.05) is 0 Å². The lowest BCUT2D eigenvalue weighted by molar-refractivity contribution is -0.208. The quantitative estimate of drug-likeness (QED) is 0.529. The van der Waals surface area contributed by atoms with Crippen LogP contribution in [0.1, 0.15) is 46.0 Å². The van der Waals surface area contributed by atoms with Gasteiger partial charge in [0, 0.05) is 0 Å². The summed E-state index contributed by atoms with van der Waals surface area (Å²) in [4.78, 5) is 23.7. The van der Waals surface area contributed by atoms with Crippen LogP contribution in [0.4, 0.5) is 8.78 Å². The van der Waals surface area contributed by atoms with Crippen molar-refractivity contribution in [2.45, 2.75) is 56.8 Å². The average molecular weight is 410 g/mol. The smallest absolute Gasteiger partial charge is 0.459 e. The van der Waals surface area contributed by atoms with E-state index in [9.17, 15) is 26.8 Å². The van der Waals surface area contributed by atoms with Gasteiger partial charge in [-0.25, -0.2) is 4.79 Å². The normalized spacial score (nSPS) is 36.3. The number of alkyl halides is 2. The standard InChI is InChI=1S/C17H24F2O7S/c1-9(8-25-15(21)17(18,19)27(22,23)24)14(20)26-16(2)12-4-10-3-11(6-12)7-13(16)5-10/h9-13H,3-8H2,1-2H3,(H,22,23,24). The number of rotatable bonds is 6. The number of ether oxygens (including phenoxy) is 2. The Morgan fingerprint density at radius 2 is 1.63 bits per heavy atom. The zero-order valence-electron chi connectivity index (χ0n) is 15.2. The third kappa shape index (κ3) is 3.57. The van der Waals surface area contributed by atoms with Gasteiger partial charge in [-0.3, -0.25) is 9.35 Å². The molecule has 27 heavy (non-hydrogen) atoms. The fourth-order valence-electron chi connectivity index (χ4n) is 5.06. The highest BCUT2D eigenvalue weighted by molar-refractivity contribution is 7.87. The summed E-state index contributed by atoms with van der Waals surface area (Å²) in [7, 11) is -5.94. The van der Waals surface area contributed by atoms with Gasteiger partial charge in [0.25, 0.3) is 0 Å². The molecule has 0 aromatic carbocycles. The number of halogens is 2. The summed E-state index contributed by atoms with van der Waals surface area (Å²) in [6.45, 7) is 2.50. The maximum atomic E-state index is 13.2. The molecule has 1 atom stereocenters. The van der Waals surface area contributed by atoms with Gasteiger partial charge in [-0.15, -0.1) is 0 Å². The van der Waals surface area contributed by atoms with E-state index in [-0.39, 0.29) is 11.8 Å². The van der Waals surface area contributed by atoms with Crippen molar-refractivity contribution in [2.75, 3.05) is 6.61 Å². The van der Waals surface area contributed by atoms with Crippen LogP contribution in [0.15, 0.2) is 0 Å². The molecule has 0 spiro atoms. The van der Waals surface area contributed by atoms with E-state index in [1.807, 2.05) is 6.92 Å². The van der Waals surface area contributed by atoms with Crippen molar-refractivity contribution in [2.24, 2.45) is 29.6 Å². The highest BCUT2D eigenvalue weighted by Gasteiger charge is 2.57. The van der Waals surface area contributed by atoms with Crippen LogP contribution in [0.3, 0.4) is 0 Å². The Hall–Kier alpha value is -1.29. The zero-order valence-corrected chi connectivity index (χ0v) is 16.0. The molecule has 0 aliphatic heterocycles. The van der Waals surface area contributed by atoms with Gasteiger partial charge in [0.05, 0.1) is 5.92 Å². The van der Waals surface area contributed by atoms with Crippen LogP contribution in [-0.2, 0) is 29.2 Å². The molecule has 4 aliphatic rings. The Morgan fingerprint density at radius 1 is 1.15 bits per heavy atom. The van der Waals surface area contributed by atoms with E-state index in [0.717, 1.165) is 25.7 Å². The molecule has 0 amide bonds. The van der Waals surface area contributed by atoms with Crippen molar-refractivity contribution < 1.29 is 40.8 Å². The molecule has 154 valence electrons. The number of carbonyl (C=O) groups is 2. The molecule has 1 N–H and O–H groups in total. The highest BCUT2D eigenvalue weighted by Crippen LogP contribution is 2.59. The summed E-state index contributed by atoms with van der Waals surface area (Å²) in [5.41, 5.74) is -0.610. The van der Waals surface area contributed by atoms with E-state index in [1.165, 1.54) is 13.3 Å². The summed E-state index contributed by atoms with van der Waals surface area (Å²) in [5, 5.41) is -5.08. The Kier molecular flexibility index (Phi) is 5.03. The molecule has 4 bridgehead atoms. The van der Waals surface area contributed by atoms with Crippen molar-refractivity contribution in [3.63, 3.8) is 0 Å². The molecule has 4 aliphatic carbocycles. The lowest BCUT2D eigenvalue weighted by Gasteiger charge is -2.59. The second-order valence-electron chi connectivity index (χ2n) is 8.40. The molecule has 10 heteroatoms. The van der Waals surface area contributed by atoms with E-state index < -0.39 is 45.4 Å². The maximum Gasteiger partial charge on any atom is 0.465 e. The molecule has 7 nitrogen and oxygen atoms in total. The highest BCUT2D eigenvalue weighted by atomic mass is 32.2. The van der Waals surface area contributed by atoms with Gasteiger partial charge in [0.15, 0.2) is 0 Å². The first-order chi connectivity index (χ1) is 12.3. The van der Waals surface area contributed by atoms with Gasteiger partial charge in [0.1, 0.15) is 12.2 Å². The number of hydrogen-bond donors (Lipinski definition) is 1. The number of hydrogen-bond acceptors (Lipinski definition) is 6. The van der Waals surface area contributed by atoms with Gasteiger partial charge in [0.2, 0.25) is 0 Å². The fourth-order valence-corrected chi connectivity index (χ4v) is 5.33. The molecule has 0 aromatic rings. The predicted molar refractivity (Wildman–Crippen MR) is 88.2 cm³/mol. The Balaban J connectivity index is 1.58. The Bertz CT molecular complexity index is 706. The molecule has 4 fully saturated rings. The minimum Gasteiger partial charge on any atom is -0.459 e. The van der Waals surface area contributed by atoms with E-state index in [1.54, 1.807) is 0 Å². The second kappa shape index (κ2) is 6.65.